The lowest BCUT2D eigenvalue weighted by Gasteiger charge is -2.14. The van der Waals surface area contributed by atoms with Crippen LogP contribution in [0.5, 0.6) is 0 Å². The van der Waals surface area contributed by atoms with Crippen LogP contribution in [-0.2, 0) is 12.0 Å². The molecule has 0 bridgehead atoms. The molecule has 0 saturated heterocycles. The first kappa shape index (κ1) is 10.8. The minimum Gasteiger partial charge on any atom is -0.337 e. The summed E-state index contributed by atoms with van der Waals surface area (Å²) in [5.41, 5.74) is 1.81. The van der Waals surface area contributed by atoms with Gasteiger partial charge in [-0.2, -0.15) is 0 Å². The fourth-order valence-corrected chi connectivity index (χ4v) is 3.69. The Labute approximate surface area is 113 Å². The Morgan fingerprint density at radius 3 is 3.11 bits per heavy atom. The van der Waals surface area contributed by atoms with Crippen LogP contribution >= 0.6 is 23.8 Å². The normalized spacial score (nSPS) is 28.0. The molecule has 2 nitrogen and oxygen atoms in total. The second-order valence-electron chi connectivity index (χ2n) is 5.12. The molecule has 5 heteroatoms. The SMILES string of the molecule is Fc1c(Cl)cccc1[C@]12CC1c1c[nH]c(=S)n1C2. The maximum Gasteiger partial charge on any atom is 0.177 e. The second kappa shape index (κ2) is 3.25. The van der Waals surface area contributed by atoms with Crippen molar-refractivity contribution in [1.82, 2.24) is 9.55 Å². The van der Waals surface area contributed by atoms with E-state index in [4.69, 9.17) is 23.8 Å². The van der Waals surface area contributed by atoms with Gasteiger partial charge in [0.05, 0.1) is 5.02 Å². The van der Waals surface area contributed by atoms with Gasteiger partial charge in [-0.3, -0.25) is 0 Å². The van der Waals surface area contributed by atoms with Gasteiger partial charge in [0, 0.05) is 29.8 Å². The van der Waals surface area contributed by atoms with E-state index in [1.54, 1.807) is 6.07 Å². The fourth-order valence-electron chi connectivity index (χ4n) is 3.28. The van der Waals surface area contributed by atoms with E-state index >= 15 is 0 Å². The maximum atomic E-state index is 14.2. The van der Waals surface area contributed by atoms with Gasteiger partial charge >= 0.3 is 0 Å². The van der Waals surface area contributed by atoms with Crippen molar-refractivity contribution in [3.8, 4) is 0 Å². The lowest BCUT2D eigenvalue weighted by Crippen LogP contribution is -2.14. The van der Waals surface area contributed by atoms with E-state index in [0.717, 1.165) is 23.3 Å². The van der Waals surface area contributed by atoms with Crippen molar-refractivity contribution in [2.75, 3.05) is 0 Å². The van der Waals surface area contributed by atoms with Crippen LogP contribution in [0.1, 0.15) is 23.6 Å². The highest BCUT2D eigenvalue weighted by Gasteiger charge is 2.62. The summed E-state index contributed by atoms with van der Waals surface area (Å²) < 4.78 is 17.0. The Morgan fingerprint density at radius 2 is 2.33 bits per heavy atom. The van der Waals surface area contributed by atoms with Crippen LogP contribution in [0, 0.1) is 10.6 Å². The molecule has 2 atom stereocenters. The van der Waals surface area contributed by atoms with Crippen molar-refractivity contribution in [3.05, 3.63) is 51.3 Å². The lowest BCUT2D eigenvalue weighted by atomic mass is 9.94. The number of halogens is 2. The number of H-pyrrole nitrogens is 1. The Balaban J connectivity index is 1.86. The van der Waals surface area contributed by atoms with Crippen molar-refractivity contribution in [2.24, 2.45) is 0 Å². The van der Waals surface area contributed by atoms with Crippen molar-refractivity contribution in [1.29, 1.82) is 0 Å². The van der Waals surface area contributed by atoms with E-state index in [-0.39, 0.29) is 16.3 Å². The standard InChI is InChI=1S/C13H10ClFN2S/c14-9-3-1-2-7(11(9)15)13-4-8(13)10-5-16-12(18)17(10)6-13/h1-3,5,8H,4,6H2,(H,16,18)/t8?,13-/m1/s1. The average molecular weight is 281 g/mol. The number of aromatic nitrogens is 2. The molecule has 0 spiro atoms. The van der Waals surface area contributed by atoms with Crippen LogP contribution in [0.4, 0.5) is 4.39 Å². The summed E-state index contributed by atoms with van der Waals surface area (Å²) in [4.78, 5) is 3.05. The molecule has 2 aliphatic rings. The van der Waals surface area contributed by atoms with Gasteiger partial charge in [0.25, 0.3) is 0 Å². The number of rotatable bonds is 1. The van der Waals surface area contributed by atoms with Crippen LogP contribution in [-0.4, -0.2) is 9.55 Å². The molecular formula is C13H10ClFN2S. The van der Waals surface area contributed by atoms with Gasteiger partial charge in [0.1, 0.15) is 5.82 Å². The number of fused-ring (bicyclic) bond motifs is 3. The molecule has 2 aromatic rings. The summed E-state index contributed by atoms with van der Waals surface area (Å²) in [5.74, 6) is 0.0979. The van der Waals surface area contributed by atoms with E-state index in [9.17, 15) is 4.39 Å². The first-order valence-corrected chi connectivity index (χ1v) is 6.65. The van der Waals surface area contributed by atoms with Crippen molar-refractivity contribution < 1.29 is 4.39 Å². The van der Waals surface area contributed by atoms with Crippen LogP contribution in [0.3, 0.4) is 0 Å². The number of nitrogens with zero attached hydrogens (tertiary/aromatic N) is 1. The molecule has 0 amide bonds. The molecule has 1 saturated carbocycles. The summed E-state index contributed by atoms with van der Waals surface area (Å²) in [5, 5.41) is 0.203. The summed E-state index contributed by atoms with van der Waals surface area (Å²) in [7, 11) is 0. The monoisotopic (exact) mass is 280 g/mol. The third-order valence-electron chi connectivity index (χ3n) is 4.26. The van der Waals surface area contributed by atoms with E-state index in [1.165, 1.54) is 5.69 Å². The Kier molecular flexibility index (Phi) is 1.94. The molecule has 4 rings (SSSR count). The molecule has 1 aromatic carbocycles. The predicted molar refractivity (Wildman–Crippen MR) is 70.1 cm³/mol. The number of nitrogens with one attached hydrogen (secondary N) is 1. The molecule has 1 N–H and O–H groups in total. The molecule has 1 aromatic heterocycles. The smallest absolute Gasteiger partial charge is 0.177 e. The largest absolute Gasteiger partial charge is 0.337 e. The highest BCUT2D eigenvalue weighted by molar-refractivity contribution is 7.71. The van der Waals surface area contributed by atoms with Crippen LogP contribution in [0.25, 0.3) is 0 Å². The average Bonchev–Trinajstić information content (AvgIpc) is 2.82. The molecule has 92 valence electrons. The van der Waals surface area contributed by atoms with Gasteiger partial charge in [-0.25, -0.2) is 4.39 Å². The maximum absolute atomic E-state index is 14.2. The van der Waals surface area contributed by atoms with Crippen molar-refractivity contribution in [3.63, 3.8) is 0 Å². The Bertz CT molecular complexity index is 720. The zero-order valence-corrected chi connectivity index (χ0v) is 11.0. The molecule has 1 aliphatic heterocycles. The van der Waals surface area contributed by atoms with Gasteiger partial charge < -0.3 is 9.55 Å². The first-order valence-electron chi connectivity index (χ1n) is 5.86. The highest BCUT2D eigenvalue weighted by atomic mass is 35.5. The number of benzene rings is 1. The quantitative estimate of drug-likeness (QED) is 0.789. The molecule has 1 aliphatic carbocycles. The highest BCUT2D eigenvalue weighted by Crippen LogP contribution is 2.65. The minimum atomic E-state index is -0.276. The Morgan fingerprint density at radius 1 is 1.50 bits per heavy atom. The summed E-state index contributed by atoms with van der Waals surface area (Å²) in [6, 6.07) is 5.26. The zero-order valence-electron chi connectivity index (χ0n) is 9.41. The number of aromatic amines is 1. The summed E-state index contributed by atoms with van der Waals surface area (Å²) in [6.07, 6.45) is 2.93. The van der Waals surface area contributed by atoms with E-state index in [0.29, 0.717) is 5.92 Å². The van der Waals surface area contributed by atoms with Crippen molar-refractivity contribution in [2.45, 2.75) is 24.3 Å². The molecular weight excluding hydrogens is 271 g/mol. The molecule has 0 radical (unpaired) electrons. The second-order valence-corrected chi connectivity index (χ2v) is 5.91. The van der Waals surface area contributed by atoms with Gasteiger partial charge in [0.15, 0.2) is 4.77 Å². The van der Waals surface area contributed by atoms with Gasteiger partial charge in [0.2, 0.25) is 0 Å². The molecule has 2 heterocycles. The van der Waals surface area contributed by atoms with Gasteiger partial charge in [-0.05, 0) is 30.3 Å². The minimum absolute atomic E-state index is 0.118. The van der Waals surface area contributed by atoms with Crippen LogP contribution in [0.15, 0.2) is 24.4 Å². The van der Waals surface area contributed by atoms with E-state index in [1.807, 2.05) is 18.3 Å². The molecule has 18 heavy (non-hydrogen) atoms. The topological polar surface area (TPSA) is 20.7 Å². The third-order valence-corrected chi connectivity index (χ3v) is 4.89. The summed E-state index contributed by atoms with van der Waals surface area (Å²) in [6.45, 7) is 0.757. The van der Waals surface area contributed by atoms with E-state index in [2.05, 4.69) is 9.55 Å². The number of hydrogen-bond donors (Lipinski definition) is 1. The number of imidazole rings is 1. The zero-order chi connectivity index (χ0) is 12.5. The van der Waals surface area contributed by atoms with Crippen molar-refractivity contribution >= 4 is 23.8 Å². The molecule has 1 fully saturated rings. The first-order chi connectivity index (χ1) is 8.63. The van der Waals surface area contributed by atoms with E-state index < -0.39 is 0 Å². The Hall–Kier alpha value is -1.13. The third kappa shape index (κ3) is 1.15. The van der Waals surface area contributed by atoms with Crippen LogP contribution < -0.4 is 0 Å². The molecule has 1 unspecified atom stereocenters. The summed E-state index contributed by atoms with van der Waals surface area (Å²) >= 11 is 11.1. The fraction of sp³-hybridized carbons (Fsp3) is 0.308. The lowest BCUT2D eigenvalue weighted by molar-refractivity contribution is 0.530. The van der Waals surface area contributed by atoms with Gasteiger partial charge in [-0.1, -0.05) is 23.7 Å². The van der Waals surface area contributed by atoms with Crippen LogP contribution in [0.2, 0.25) is 5.02 Å². The number of hydrogen-bond acceptors (Lipinski definition) is 1. The predicted octanol–water partition coefficient (Wildman–Crippen LogP) is 3.78. The van der Waals surface area contributed by atoms with Gasteiger partial charge in [-0.15, -0.1) is 0 Å².